The molecule has 5 fully saturated rings. The molecule has 2 atom stereocenters. The molecule has 2 aromatic rings. The van der Waals surface area contributed by atoms with E-state index >= 15 is 0 Å². The van der Waals surface area contributed by atoms with Crippen LogP contribution in [0.2, 0.25) is 0 Å². The van der Waals surface area contributed by atoms with Gasteiger partial charge in [-0.15, -0.1) is 0 Å². The van der Waals surface area contributed by atoms with Gasteiger partial charge in [-0.2, -0.15) is 0 Å². The summed E-state index contributed by atoms with van der Waals surface area (Å²) in [6.07, 6.45) is 26.0. The average molecular weight is 814 g/mol. The zero-order valence-corrected chi connectivity index (χ0v) is 35.9. The van der Waals surface area contributed by atoms with E-state index in [9.17, 15) is 0 Å². The van der Waals surface area contributed by atoms with Crippen LogP contribution in [-0.2, 0) is 11.9 Å². The first-order valence-corrected chi connectivity index (χ1v) is 30.3. The predicted molar refractivity (Wildman–Crippen MR) is 218 cm³/mol. The van der Waals surface area contributed by atoms with E-state index in [0.29, 0.717) is 12.1 Å². The van der Waals surface area contributed by atoms with Crippen molar-refractivity contribution < 1.29 is 11.9 Å². The molecule has 0 amide bonds. The molecule has 4 aliphatic carbocycles. The fraction of sp³-hybridized carbons (Fsp3) is 0.698. The monoisotopic (exact) mass is 813 g/mol. The molecule has 0 N–H and O–H groups in total. The molecule has 6 heteroatoms. The Morgan fingerprint density at radius 1 is 0.469 bits per heavy atom. The first-order chi connectivity index (χ1) is 23.6. The fourth-order valence-corrected chi connectivity index (χ4v) is 50.1. The van der Waals surface area contributed by atoms with E-state index in [1.54, 1.807) is 0 Å². The van der Waals surface area contributed by atoms with Crippen LogP contribution in [0.5, 0.6) is 0 Å². The van der Waals surface area contributed by atoms with Crippen LogP contribution in [-0.4, -0.2) is 33.4 Å². The van der Waals surface area contributed by atoms with Crippen LogP contribution in [0.25, 0.3) is 0 Å². The number of hydrogen-bond donors (Lipinski definition) is 0. The van der Waals surface area contributed by atoms with Crippen LogP contribution in [0.1, 0.15) is 155 Å². The zero-order chi connectivity index (χ0) is 34.5. The number of halogens is 2. The molecule has 0 radical (unpaired) electrons. The molecule has 2 nitrogen and oxygen atoms in total. The standard InChI is InChI=1S/C25H32N2.C18H33P.2ClH.Ru/c1-16-11-18(3)24(19(4)12-16)26-15-27(23-10-8-7-9-22(23)26)25-20(5)13-17(2)14-21(25)6;1-4-10-16(11-5-1)19(17-12-6-2-7-13-17)18-14-8-3-9-15-18;;;/h11-14,22-23H,7-10H2,1-6H3;16-18H,1-15H2;2*1H;/q;;;;+1/p-1. The molecule has 275 valence electrons. The van der Waals surface area contributed by atoms with Gasteiger partial charge < -0.3 is 0 Å². The Morgan fingerprint density at radius 3 is 1.06 bits per heavy atom. The predicted octanol–water partition coefficient (Wildman–Crippen LogP) is 13.4. The van der Waals surface area contributed by atoms with Crippen LogP contribution in [0.15, 0.2) is 24.3 Å². The third kappa shape index (κ3) is 6.46. The third-order valence-electron chi connectivity index (χ3n) is 13.7. The summed E-state index contributed by atoms with van der Waals surface area (Å²) in [5.41, 5.74) is 11.3. The van der Waals surface area contributed by atoms with Crippen LogP contribution in [0.4, 0.5) is 11.4 Å². The van der Waals surface area contributed by atoms with Crippen molar-refractivity contribution in [2.75, 3.05) is 9.80 Å². The van der Waals surface area contributed by atoms with Crippen LogP contribution in [0, 0.1) is 41.5 Å². The normalized spacial score (nSPS) is 25.9. The van der Waals surface area contributed by atoms with Crippen LogP contribution in [0.3, 0.4) is 0 Å². The van der Waals surface area contributed by atoms with Gasteiger partial charge in [0.15, 0.2) is 0 Å². The molecule has 0 bridgehead atoms. The van der Waals surface area contributed by atoms with E-state index in [4.69, 9.17) is 19.4 Å². The summed E-state index contributed by atoms with van der Waals surface area (Å²) in [5.74, 6) is 0. The van der Waals surface area contributed by atoms with Gasteiger partial charge >= 0.3 is 313 Å². The van der Waals surface area contributed by atoms with Crippen molar-refractivity contribution in [2.24, 2.45) is 0 Å². The van der Waals surface area contributed by atoms with Crippen molar-refractivity contribution in [3.8, 4) is 0 Å². The zero-order valence-electron chi connectivity index (χ0n) is 31.6. The fourth-order valence-electron chi connectivity index (χ4n) is 12.2. The van der Waals surface area contributed by atoms with Crippen molar-refractivity contribution in [3.05, 3.63) is 57.6 Å². The van der Waals surface area contributed by atoms with E-state index in [2.05, 4.69) is 75.6 Å². The topological polar surface area (TPSA) is 6.48 Å². The number of fused-ring (bicyclic) bond motifs is 1. The van der Waals surface area contributed by atoms with E-state index in [1.807, 2.05) is 0 Å². The Kier molecular flexibility index (Phi) is 11.4. The van der Waals surface area contributed by atoms with Gasteiger partial charge in [-0.05, 0) is 0 Å². The quantitative estimate of drug-likeness (QED) is 0.212. The van der Waals surface area contributed by atoms with E-state index in [1.165, 1.54) is 171 Å². The maximum atomic E-state index is 9.07. The summed E-state index contributed by atoms with van der Waals surface area (Å²) in [6, 6.07) is 10.6. The van der Waals surface area contributed by atoms with Crippen molar-refractivity contribution in [1.29, 1.82) is 0 Å². The average Bonchev–Trinajstić information content (AvgIpc) is 3.41. The van der Waals surface area contributed by atoms with Crippen LogP contribution >= 0.6 is 25.0 Å². The van der Waals surface area contributed by atoms with Crippen molar-refractivity contribution in [2.45, 2.75) is 193 Å². The van der Waals surface area contributed by atoms with Gasteiger partial charge in [-0.25, -0.2) is 0 Å². The molecule has 49 heavy (non-hydrogen) atoms. The SMILES string of the molecule is Cc1cc(C)c(N2[C](=[Ru]([Cl])([Cl])[PH](C3CCCCC3)(C3CCCCC3)C3CCCCC3)N(c3c(C)cc(C)cc3C)C3CCCCC32)c(C)c1. The Bertz CT molecular complexity index is 1390. The second-order valence-corrected chi connectivity index (χ2v) is 39.8. The Morgan fingerprint density at radius 2 is 0.755 bits per heavy atom. The third-order valence-corrected chi connectivity index (χ3v) is 44.4. The minimum absolute atomic E-state index is 0.428. The molecule has 1 aliphatic heterocycles. The molecule has 2 aromatic carbocycles. The maximum absolute atomic E-state index is 9.07. The molecule has 7 rings (SSSR count). The summed E-state index contributed by atoms with van der Waals surface area (Å²) in [5, 5.41) is 0. The summed E-state index contributed by atoms with van der Waals surface area (Å²) in [6.45, 7) is 14.0. The molecule has 1 heterocycles. The van der Waals surface area contributed by atoms with Gasteiger partial charge in [0.2, 0.25) is 0 Å². The summed E-state index contributed by atoms with van der Waals surface area (Å²) < 4.78 is 1.47. The molecular formula is C43H66Cl2N2PRu. The number of rotatable bonds is 6. The van der Waals surface area contributed by atoms with Gasteiger partial charge in [0.1, 0.15) is 0 Å². The first kappa shape index (κ1) is 36.9. The Hall–Kier alpha value is -0.457. The second-order valence-electron chi connectivity index (χ2n) is 17.1. The first-order valence-electron chi connectivity index (χ1n) is 20.3. The number of anilines is 2. The molecule has 0 aromatic heterocycles. The molecule has 1 saturated heterocycles. The van der Waals surface area contributed by atoms with E-state index in [-0.39, 0.29) is 0 Å². The van der Waals surface area contributed by atoms with Gasteiger partial charge in [0.25, 0.3) is 0 Å². The molecule has 5 aliphatic rings. The van der Waals surface area contributed by atoms with Crippen molar-refractivity contribution >= 4 is 40.7 Å². The van der Waals surface area contributed by atoms with Crippen molar-refractivity contribution in [3.63, 3.8) is 0 Å². The number of aryl methyl sites for hydroxylation is 6. The second kappa shape index (κ2) is 15.1. The Balaban J connectivity index is 1.61. The minimum atomic E-state index is -3.67. The summed E-state index contributed by atoms with van der Waals surface area (Å²) in [4.78, 5) is 5.82. The molecule has 4 saturated carbocycles. The molecule has 0 spiro atoms. The number of benzene rings is 2. The Labute approximate surface area is 310 Å². The van der Waals surface area contributed by atoms with Gasteiger partial charge in [0, 0.05) is 0 Å². The molecule has 2 unspecified atom stereocenters. The van der Waals surface area contributed by atoms with E-state index in [0.717, 1.165) is 17.0 Å². The van der Waals surface area contributed by atoms with Crippen LogP contribution < -0.4 is 9.80 Å². The summed E-state index contributed by atoms with van der Waals surface area (Å²) >= 11 is -3.67. The number of nitrogens with zero attached hydrogens (tertiary/aromatic N) is 2. The van der Waals surface area contributed by atoms with Gasteiger partial charge in [0.05, 0.1) is 0 Å². The number of hydrogen-bond acceptors (Lipinski definition) is 2. The van der Waals surface area contributed by atoms with Gasteiger partial charge in [-0.1, -0.05) is 0 Å². The van der Waals surface area contributed by atoms with Gasteiger partial charge in [-0.3, -0.25) is 0 Å². The van der Waals surface area contributed by atoms with E-state index < -0.39 is 17.5 Å². The van der Waals surface area contributed by atoms with Crippen molar-refractivity contribution in [1.82, 2.24) is 0 Å². The summed E-state index contributed by atoms with van der Waals surface area (Å²) in [7, 11) is 18.1. The molecular weight excluding hydrogens is 747 g/mol.